The minimum absolute atomic E-state index is 0.353. The number of thiazole rings is 1. The Morgan fingerprint density at radius 3 is 2.81 bits per heavy atom. The van der Waals surface area contributed by atoms with Crippen LogP contribution in [0.15, 0.2) is 54.7 Å². The number of aryl methyl sites for hydroxylation is 1. The van der Waals surface area contributed by atoms with Gasteiger partial charge in [0.15, 0.2) is 11.2 Å². The highest BCUT2D eigenvalue weighted by Crippen LogP contribution is 2.24. The van der Waals surface area contributed by atoms with E-state index in [1.165, 1.54) is 22.5 Å². The topological polar surface area (TPSA) is 68.3 Å². The summed E-state index contributed by atoms with van der Waals surface area (Å²) < 4.78 is 5.29. The Hall–Kier alpha value is -2.99. The Balaban J connectivity index is 1.41. The molecule has 27 heavy (non-hydrogen) atoms. The molecule has 1 atom stereocenters. The standard InChI is InChI=1S/C21H18N2O3S/c1-13-6-8-14(9-7-13)10-16-12-22-21(27-16)23-19(24)18-11-15-4-2-3-5-17(15)20(25)26-18/h2-9,12,18H,10-11H2,1H3,(H,22,23,24). The number of amides is 1. The molecule has 1 aliphatic rings. The zero-order valence-corrected chi connectivity index (χ0v) is 15.6. The summed E-state index contributed by atoms with van der Waals surface area (Å²) in [7, 11) is 0. The van der Waals surface area contributed by atoms with Gasteiger partial charge in [-0.2, -0.15) is 0 Å². The number of anilines is 1. The van der Waals surface area contributed by atoms with Crippen LogP contribution in [-0.2, 0) is 22.4 Å². The van der Waals surface area contributed by atoms with E-state index in [2.05, 4.69) is 41.5 Å². The number of rotatable bonds is 4. The van der Waals surface area contributed by atoms with Gasteiger partial charge in [0, 0.05) is 23.9 Å². The Morgan fingerprint density at radius 2 is 2.00 bits per heavy atom. The predicted octanol–water partition coefficient (Wildman–Crippen LogP) is 3.76. The Kier molecular flexibility index (Phi) is 4.73. The maximum absolute atomic E-state index is 12.5. The third kappa shape index (κ3) is 3.90. The molecule has 5 nitrogen and oxygen atoms in total. The Labute approximate surface area is 161 Å². The number of ether oxygens (including phenoxy) is 1. The lowest BCUT2D eigenvalue weighted by Gasteiger charge is -2.23. The van der Waals surface area contributed by atoms with Crippen LogP contribution in [0.4, 0.5) is 5.13 Å². The van der Waals surface area contributed by atoms with Crippen LogP contribution in [0.3, 0.4) is 0 Å². The molecular weight excluding hydrogens is 360 g/mol. The van der Waals surface area contributed by atoms with Gasteiger partial charge in [0.05, 0.1) is 5.56 Å². The summed E-state index contributed by atoms with van der Waals surface area (Å²) in [5.41, 5.74) is 3.77. The van der Waals surface area contributed by atoms with E-state index in [1.54, 1.807) is 18.3 Å². The molecule has 0 fully saturated rings. The lowest BCUT2D eigenvalue weighted by Crippen LogP contribution is -2.37. The van der Waals surface area contributed by atoms with E-state index in [4.69, 9.17) is 4.74 Å². The highest BCUT2D eigenvalue weighted by Gasteiger charge is 2.31. The molecular formula is C21H18N2O3S. The van der Waals surface area contributed by atoms with Crippen molar-refractivity contribution in [2.45, 2.75) is 25.9 Å². The maximum atomic E-state index is 12.5. The summed E-state index contributed by atoms with van der Waals surface area (Å²) in [6.07, 6.45) is 2.06. The van der Waals surface area contributed by atoms with Crippen molar-refractivity contribution in [1.82, 2.24) is 4.98 Å². The van der Waals surface area contributed by atoms with Gasteiger partial charge in [-0.05, 0) is 24.1 Å². The maximum Gasteiger partial charge on any atom is 0.339 e. The molecule has 0 spiro atoms. The lowest BCUT2D eigenvalue weighted by atomic mass is 9.98. The molecule has 0 saturated heterocycles. The number of aromatic nitrogens is 1. The molecule has 1 aromatic heterocycles. The molecule has 3 aromatic rings. The molecule has 0 bridgehead atoms. The molecule has 1 amide bonds. The van der Waals surface area contributed by atoms with Crippen LogP contribution in [0.1, 0.15) is 31.9 Å². The molecule has 0 aliphatic carbocycles. The van der Waals surface area contributed by atoms with Crippen LogP contribution < -0.4 is 5.32 Å². The van der Waals surface area contributed by atoms with E-state index in [1.807, 2.05) is 12.1 Å². The molecule has 2 aromatic carbocycles. The minimum atomic E-state index is -0.836. The van der Waals surface area contributed by atoms with Gasteiger partial charge < -0.3 is 4.74 Å². The number of fused-ring (bicyclic) bond motifs is 1. The summed E-state index contributed by atoms with van der Waals surface area (Å²) >= 11 is 1.43. The number of cyclic esters (lactones) is 1. The molecule has 1 aliphatic heterocycles. The van der Waals surface area contributed by atoms with Crippen molar-refractivity contribution >= 4 is 28.3 Å². The van der Waals surface area contributed by atoms with E-state index in [9.17, 15) is 9.59 Å². The van der Waals surface area contributed by atoms with Crippen LogP contribution >= 0.6 is 11.3 Å². The first kappa shape index (κ1) is 17.4. The second-order valence-corrected chi connectivity index (χ2v) is 7.65. The van der Waals surface area contributed by atoms with Crippen molar-refractivity contribution in [2.75, 3.05) is 5.32 Å². The highest BCUT2D eigenvalue weighted by molar-refractivity contribution is 7.15. The summed E-state index contributed by atoms with van der Waals surface area (Å²) in [4.78, 5) is 29.9. The average molecular weight is 378 g/mol. The Bertz CT molecular complexity index is 995. The van der Waals surface area contributed by atoms with Crippen molar-refractivity contribution in [3.05, 3.63) is 81.9 Å². The van der Waals surface area contributed by atoms with E-state index in [0.29, 0.717) is 17.1 Å². The van der Waals surface area contributed by atoms with Crippen molar-refractivity contribution < 1.29 is 14.3 Å². The fourth-order valence-electron chi connectivity index (χ4n) is 3.02. The van der Waals surface area contributed by atoms with Crippen LogP contribution in [-0.4, -0.2) is 23.0 Å². The van der Waals surface area contributed by atoms with E-state index < -0.39 is 12.1 Å². The smallest absolute Gasteiger partial charge is 0.339 e. The fourth-order valence-corrected chi connectivity index (χ4v) is 3.87. The summed E-state index contributed by atoms with van der Waals surface area (Å²) in [5.74, 6) is -0.815. The first-order valence-electron chi connectivity index (χ1n) is 8.68. The molecule has 2 heterocycles. The lowest BCUT2D eigenvalue weighted by molar-refractivity contribution is -0.125. The predicted molar refractivity (Wildman–Crippen MR) is 104 cm³/mol. The number of nitrogens with one attached hydrogen (secondary N) is 1. The number of hydrogen-bond donors (Lipinski definition) is 1. The first-order valence-corrected chi connectivity index (χ1v) is 9.50. The molecule has 0 radical (unpaired) electrons. The van der Waals surface area contributed by atoms with Crippen molar-refractivity contribution in [1.29, 1.82) is 0 Å². The summed E-state index contributed by atoms with van der Waals surface area (Å²) in [5, 5.41) is 3.28. The summed E-state index contributed by atoms with van der Waals surface area (Å²) in [6, 6.07) is 15.5. The van der Waals surface area contributed by atoms with Gasteiger partial charge in [-0.15, -0.1) is 11.3 Å². The quantitative estimate of drug-likeness (QED) is 0.702. The number of esters is 1. The van der Waals surface area contributed by atoms with E-state index in [-0.39, 0.29) is 5.91 Å². The van der Waals surface area contributed by atoms with E-state index in [0.717, 1.165) is 16.9 Å². The van der Waals surface area contributed by atoms with Crippen LogP contribution in [0.5, 0.6) is 0 Å². The largest absolute Gasteiger partial charge is 0.448 e. The molecule has 1 N–H and O–H groups in total. The average Bonchev–Trinajstić information content (AvgIpc) is 3.10. The van der Waals surface area contributed by atoms with Gasteiger partial charge in [-0.25, -0.2) is 9.78 Å². The van der Waals surface area contributed by atoms with Crippen LogP contribution in [0.2, 0.25) is 0 Å². The van der Waals surface area contributed by atoms with Gasteiger partial charge in [0.25, 0.3) is 5.91 Å². The van der Waals surface area contributed by atoms with Crippen molar-refractivity contribution in [3.63, 3.8) is 0 Å². The molecule has 4 rings (SSSR count). The first-order chi connectivity index (χ1) is 13.1. The number of hydrogen-bond acceptors (Lipinski definition) is 5. The molecule has 6 heteroatoms. The Morgan fingerprint density at radius 1 is 1.22 bits per heavy atom. The summed E-state index contributed by atoms with van der Waals surface area (Å²) in [6.45, 7) is 2.06. The molecule has 1 unspecified atom stereocenters. The van der Waals surface area contributed by atoms with E-state index >= 15 is 0 Å². The van der Waals surface area contributed by atoms with Gasteiger partial charge in [0.2, 0.25) is 0 Å². The monoisotopic (exact) mass is 378 g/mol. The normalized spacial score (nSPS) is 15.7. The second-order valence-electron chi connectivity index (χ2n) is 6.54. The third-order valence-electron chi connectivity index (χ3n) is 4.47. The van der Waals surface area contributed by atoms with Crippen molar-refractivity contribution in [2.24, 2.45) is 0 Å². The molecule has 136 valence electrons. The highest BCUT2D eigenvalue weighted by atomic mass is 32.1. The van der Waals surface area contributed by atoms with Gasteiger partial charge in [-0.3, -0.25) is 10.1 Å². The number of carbonyl (C=O) groups excluding carboxylic acids is 2. The van der Waals surface area contributed by atoms with Gasteiger partial charge in [-0.1, -0.05) is 48.0 Å². The second kappa shape index (κ2) is 7.32. The minimum Gasteiger partial charge on any atom is -0.448 e. The third-order valence-corrected chi connectivity index (χ3v) is 5.38. The van der Waals surface area contributed by atoms with Crippen molar-refractivity contribution in [3.8, 4) is 0 Å². The van der Waals surface area contributed by atoms with Crippen LogP contribution in [0, 0.1) is 6.92 Å². The van der Waals surface area contributed by atoms with Gasteiger partial charge in [0.1, 0.15) is 0 Å². The number of benzene rings is 2. The van der Waals surface area contributed by atoms with Crippen LogP contribution in [0.25, 0.3) is 0 Å². The zero-order valence-electron chi connectivity index (χ0n) is 14.8. The SMILES string of the molecule is Cc1ccc(Cc2cnc(NC(=O)C3Cc4ccccc4C(=O)O3)s2)cc1. The molecule has 0 saturated carbocycles. The number of carbonyl (C=O) groups is 2. The zero-order chi connectivity index (χ0) is 18.8. The number of nitrogens with zero attached hydrogens (tertiary/aromatic N) is 1. The van der Waals surface area contributed by atoms with Gasteiger partial charge >= 0.3 is 5.97 Å². The fraction of sp³-hybridized carbons (Fsp3) is 0.190.